The fourth-order valence-corrected chi connectivity index (χ4v) is 1.99. The lowest BCUT2D eigenvalue weighted by Crippen LogP contribution is -2.40. The van der Waals surface area contributed by atoms with E-state index in [1.54, 1.807) is 0 Å². The van der Waals surface area contributed by atoms with Crippen LogP contribution in [0.5, 0.6) is 0 Å². The van der Waals surface area contributed by atoms with Gasteiger partial charge in [0.25, 0.3) is 0 Å². The molecule has 0 aliphatic heterocycles. The normalized spacial score (nSPS) is 19.2. The lowest BCUT2D eigenvalue weighted by molar-refractivity contribution is 0.193. The Hall–Kier alpha value is -0.120. The van der Waals surface area contributed by atoms with E-state index >= 15 is 0 Å². The molecule has 0 spiro atoms. The minimum absolute atomic E-state index is 0.669. The van der Waals surface area contributed by atoms with Crippen molar-refractivity contribution in [2.75, 3.05) is 27.2 Å². The van der Waals surface area contributed by atoms with Crippen molar-refractivity contribution in [2.45, 2.75) is 38.1 Å². The first-order valence-electron chi connectivity index (χ1n) is 5.36. The number of hydrazine groups is 1. The lowest BCUT2D eigenvalue weighted by atomic mass is 10.2. The molecule has 1 saturated carbocycles. The summed E-state index contributed by atoms with van der Waals surface area (Å²) in [6.07, 6.45) is 6.52. The highest BCUT2D eigenvalue weighted by molar-refractivity contribution is 4.73. The van der Waals surface area contributed by atoms with Crippen molar-refractivity contribution in [1.82, 2.24) is 9.91 Å². The molecule has 0 saturated heterocycles. The van der Waals surface area contributed by atoms with Gasteiger partial charge in [-0.3, -0.25) is 5.84 Å². The van der Waals surface area contributed by atoms with Gasteiger partial charge >= 0.3 is 0 Å². The van der Waals surface area contributed by atoms with Crippen LogP contribution < -0.4 is 5.84 Å². The van der Waals surface area contributed by atoms with Crippen LogP contribution in [0.25, 0.3) is 0 Å². The van der Waals surface area contributed by atoms with Gasteiger partial charge in [-0.2, -0.15) is 0 Å². The zero-order valence-electron chi connectivity index (χ0n) is 9.00. The summed E-state index contributed by atoms with van der Waals surface area (Å²) in [6.45, 7) is 2.18. The van der Waals surface area contributed by atoms with Crippen molar-refractivity contribution in [3.8, 4) is 0 Å². The van der Waals surface area contributed by atoms with Gasteiger partial charge in [0.05, 0.1) is 0 Å². The van der Waals surface area contributed by atoms with E-state index in [0.717, 1.165) is 13.1 Å². The number of hydrogen-bond donors (Lipinski definition) is 1. The maximum absolute atomic E-state index is 5.98. The van der Waals surface area contributed by atoms with E-state index < -0.39 is 0 Å². The SMILES string of the molecule is CN(C)CCCN(N)C1CCCC1. The van der Waals surface area contributed by atoms with Crippen LogP contribution in [0.2, 0.25) is 0 Å². The Morgan fingerprint density at radius 2 is 1.77 bits per heavy atom. The number of hydrogen-bond acceptors (Lipinski definition) is 3. The fourth-order valence-electron chi connectivity index (χ4n) is 1.99. The first-order valence-corrected chi connectivity index (χ1v) is 5.36. The molecule has 78 valence electrons. The van der Waals surface area contributed by atoms with E-state index in [0.29, 0.717) is 6.04 Å². The van der Waals surface area contributed by atoms with Gasteiger partial charge in [0.1, 0.15) is 0 Å². The van der Waals surface area contributed by atoms with Crippen molar-refractivity contribution in [2.24, 2.45) is 5.84 Å². The van der Waals surface area contributed by atoms with Crippen LogP contribution in [0.4, 0.5) is 0 Å². The number of nitrogens with zero attached hydrogens (tertiary/aromatic N) is 2. The van der Waals surface area contributed by atoms with Gasteiger partial charge in [0, 0.05) is 12.6 Å². The lowest BCUT2D eigenvalue weighted by Gasteiger charge is -2.23. The summed E-state index contributed by atoms with van der Waals surface area (Å²) in [5, 5.41) is 2.05. The molecule has 1 aliphatic carbocycles. The van der Waals surface area contributed by atoms with Crippen molar-refractivity contribution >= 4 is 0 Å². The van der Waals surface area contributed by atoms with Crippen LogP contribution in [0.1, 0.15) is 32.1 Å². The van der Waals surface area contributed by atoms with Gasteiger partial charge < -0.3 is 4.90 Å². The number of rotatable bonds is 5. The van der Waals surface area contributed by atoms with Crippen molar-refractivity contribution in [3.05, 3.63) is 0 Å². The highest BCUT2D eigenvalue weighted by Gasteiger charge is 2.19. The quantitative estimate of drug-likeness (QED) is 0.513. The Morgan fingerprint density at radius 3 is 2.31 bits per heavy atom. The molecule has 2 N–H and O–H groups in total. The molecule has 0 atom stereocenters. The van der Waals surface area contributed by atoms with Crippen molar-refractivity contribution in [1.29, 1.82) is 0 Å². The Labute approximate surface area is 81.8 Å². The van der Waals surface area contributed by atoms with Crippen molar-refractivity contribution < 1.29 is 0 Å². The second-order valence-corrected chi connectivity index (χ2v) is 4.33. The van der Waals surface area contributed by atoms with E-state index in [4.69, 9.17) is 5.84 Å². The molecule has 1 fully saturated rings. The summed E-state index contributed by atoms with van der Waals surface area (Å²) in [6, 6.07) is 0.669. The van der Waals surface area contributed by atoms with E-state index in [1.807, 2.05) is 0 Å². The van der Waals surface area contributed by atoms with Gasteiger partial charge in [-0.05, 0) is 39.9 Å². The van der Waals surface area contributed by atoms with E-state index in [2.05, 4.69) is 24.0 Å². The zero-order chi connectivity index (χ0) is 9.68. The first-order chi connectivity index (χ1) is 6.20. The zero-order valence-corrected chi connectivity index (χ0v) is 9.00. The van der Waals surface area contributed by atoms with Crippen LogP contribution in [-0.2, 0) is 0 Å². The molecule has 3 heteroatoms. The van der Waals surface area contributed by atoms with E-state index in [1.165, 1.54) is 32.1 Å². The maximum atomic E-state index is 5.98. The first kappa shape index (κ1) is 11.0. The predicted molar refractivity (Wildman–Crippen MR) is 56.3 cm³/mol. The number of nitrogens with two attached hydrogens (primary N) is 1. The van der Waals surface area contributed by atoms with Crippen LogP contribution in [0.3, 0.4) is 0 Å². The summed E-state index contributed by atoms with van der Waals surface area (Å²) in [7, 11) is 4.22. The van der Waals surface area contributed by atoms with Gasteiger partial charge in [0.15, 0.2) is 0 Å². The monoisotopic (exact) mass is 185 g/mol. The Balaban J connectivity index is 2.06. The third kappa shape index (κ3) is 4.07. The smallest absolute Gasteiger partial charge is 0.0241 e. The van der Waals surface area contributed by atoms with Crippen molar-refractivity contribution in [3.63, 3.8) is 0 Å². The topological polar surface area (TPSA) is 32.5 Å². The molecule has 0 heterocycles. The molecule has 13 heavy (non-hydrogen) atoms. The molecular formula is C10H23N3. The van der Waals surface area contributed by atoms with Crippen LogP contribution in [-0.4, -0.2) is 43.1 Å². The summed E-state index contributed by atoms with van der Waals surface area (Å²) in [5.74, 6) is 5.98. The fraction of sp³-hybridized carbons (Fsp3) is 1.00. The van der Waals surface area contributed by atoms with E-state index in [9.17, 15) is 0 Å². The Kier molecular flexibility index (Phi) is 4.70. The second kappa shape index (κ2) is 5.58. The molecule has 1 rings (SSSR count). The van der Waals surface area contributed by atoms with Gasteiger partial charge in [-0.15, -0.1) is 0 Å². The molecule has 0 aromatic rings. The maximum Gasteiger partial charge on any atom is 0.0241 e. The van der Waals surface area contributed by atoms with Crippen LogP contribution in [0, 0.1) is 0 Å². The predicted octanol–water partition coefficient (Wildman–Crippen LogP) is 1.06. The average Bonchev–Trinajstić information content (AvgIpc) is 2.55. The highest BCUT2D eigenvalue weighted by Crippen LogP contribution is 2.21. The summed E-state index contributed by atoms with van der Waals surface area (Å²) in [4.78, 5) is 2.21. The van der Waals surface area contributed by atoms with Gasteiger partial charge in [-0.1, -0.05) is 12.8 Å². The summed E-state index contributed by atoms with van der Waals surface area (Å²) >= 11 is 0. The molecule has 0 aromatic heterocycles. The largest absolute Gasteiger partial charge is 0.309 e. The van der Waals surface area contributed by atoms with Gasteiger partial charge in [-0.25, -0.2) is 5.01 Å². The Morgan fingerprint density at radius 1 is 1.15 bits per heavy atom. The third-order valence-corrected chi connectivity index (χ3v) is 2.82. The summed E-state index contributed by atoms with van der Waals surface area (Å²) < 4.78 is 0. The highest BCUT2D eigenvalue weighted by atomic mass is 15.4. The van der Waals surface area contributed by atoms with Crippen LogP contribution in [0.15, 0.2) is 0 Å². The molecule has 0 amide bonds. The van der Waals surface area contributed by atoms with Gasteiger partial charge in [0.2, 0.25) is 0 Å². The second-order valence-electron chi connectivity index (χ2n) is 4.33. The molecule has 3 nitrogen and oxygen atoms in total. The minimum Gasteiger partial charge on any atom is -0.309 e. The Bertz CT molecular complexity index is 130. The molecular weight excluding hydrogens is 162 g/mol. The average molecular weight is 185 g/mol. The standard InChI is InChI=1S/C10H23N3/c1-12(2)8-5-9-13(11)10-6-3-4-7-10/h10H,3-9,11H2,1-2H3. The molecule has 0 radical (unpaired) electrons. The van der Waals surface area contributed by atoms with Crippen LogP contribution >= 0.6 is 0 Å². The molecule has 0 bridgehead atoms. The molecule has 0 aromatic carbocycles. The molecule has 0 unspecified atom stereocenters. The molecule has 1 aliphatic rings. The van der Waals surface area contributed by atoms with E-state index in [-0.39, 0.29) is 0 Å². The third-order valence-electron chi connectivity index (χ3n) is 2.82. The summed E-state index contributed by atoms with van der Waals surface area (Å²) in [5.41, 5.74) is 0. The minimum atomic E-state index is 0.669.